The molecule has 0 aromatic carbocycles. The topological polar surface area (TPSA) is 45.2 Å². The van der Waals surface area contributed by atoms with Crippen molar-refractivity contribution in [1.82, 2.24) is 15.2 Å². The summed E-state index contributed by atoms with van der Waals surface area (Å²) in [5.74, 6) is 0.948. The molecule has 1 atom stereocenters. The van der Waals surface area contributed by atoms with Crippen molar-refractivity contribution in [3.8, 4) is 0 Å². The summed E-state index contributed by atoms with van der Waals surface area (Å²) >= 11 is 5.99. The quantitative estimate of drug-likeness (QED) is 0.816. The minimum absolute atomic E-state index is 0.430. The minimum Gasteiger partial charge on any atom is -0.370 e. The summed E-state index contributed by atoms with van der Waals surface area (Å²) in [4.78, 5) is 8.61. The summed E-state index contributed by atoms with van der Waals surface area (Å²) in [7, 11) is 2.11. The monoisotopic (exact) mass is 303 g/mol. The zero-order chi connectivity index (χ0) is 14.7. The zero-order valence-corrected chi connectivity index (χ0v) is 12.7. The van der Waals surface area contributed by atoms with Crippen molar-refractivity contribution in [2.24, 2.45) is 0 Å². The van der Waals surface area contributed by atoms with Gasteiger partial charge in [0.25, 0.3) is 0 Å². The molecule has 0 spiro atoms. The maximum Gasteiger partial charge on any atom is 0.151 e. The molecule has 0 saturated carbocycles. The second kappa shape index (κ2) is 6.26. The Labute approximate surface area is 129 Å². The highest BCUT2D eigenvalue weighted by Gasteiger charge is 2.24. The van der Waals surface area contributed by atoms with Gasteiger partial charge in [-0.2, -0.15) is 5.10 Å². The van der Waals surface area contributed by atoms with Gasteiger partial charge in [-0.15, -0.1) is 5.10 Å². The van der Waals surface area contributed by atoms with Gasteiger partial charge in [0.2, 0.25) is 0 Å². The SMILES string of the molecule is CN(c1ccnc(Cl)c1)C1CCCN(c2cccnn2)C1. The summed E-state index contributed by atoms with van der Waals surface area (Å²) in [6, 6.07) is 8.27. The molecule has 0 amide bonds. The van der Waals surface area contributed by atoms with Crippen LogP contribution in [0.2, 0.25) is 5.15 Å². The number of aromatic nitrogens is 3. The third-order valence-electron chi connectivity index (χ3n) is 3.94. The van der Waals surface area contributed by atoms with E-state index in [9.17, 15) is 0 Å². The molecule has 2 aromatic heterocycles. The highest BCUT2D eigenvalue weighted by atomic mass is 35.5. The molecule has 5 nitrogen and oxygen atoms in total. The van der Waals surface area contributed by atoms with Crippen molar-refractivity contribution in [2.45, 2.75) is 18.9 Å². The Hall–Kier alpha value is -1.88. The standard InChI is InChI=1S/C15H18ClN5/c1-20(12-6-8-17-14(16)10-12)13-4-3-9-21(11-13)15-5-2-7-18-19-15/h2,5-8,10,13H,3-4,9,11H2,1H3. The Morgan fingerprint density at radius 1 is 1.33 bits per heavy atom. The molecule has 1 fully saturated rings. The molecular formula is C15H18ClN5. The average molecular weight is 304 g/mol. The molecule has 0 aliphatic carbocycles. The molecule has 0 radical (unpaired) electrons. The van der Waals surface area contributed by atoms with E-state index in [0.29, 0.717) is 11.2 Å². The first kappa shape index (κ1) is 14.1. The molecule has 1 unspecified atom stereocenters. The van der Waals surface area contributed by atoms with Crippen LogP contribution in [0.15, 0.2) is 36.7 Å². The van der Waals surface area contributed by atoms with E-state index >= 15 is 0 Å². The maximum absolute atomic E-state index is 5.99. The van der Waals surface area contributed by atoms with Crippen LogP contribution in [0, 0.1) is 0 Å². The molecule has 110 valence electrons. The Morgan fingerprint density at radius 3 is 3.00 bits per heavy atom. The van der Waals surface area contributed by atoms with E-state index in [1.54, 1.807) is 12.4 Å². The van der Waals surface area contributed by atoms with Gasteiger partial charge in [-0.3, -0.25) is 0 Å². The van der Waals surface area contributed by atoms with Gasteiger partial charge in [-0.25, -0.2) is 4.98 Å². The van der Waals surface area contributed by atoms with Gasteiger partial charge < -0.3 is 9.80 Å². The largest absolute Gasteiger partial charge is 0.370 e. The molecule has 3 rings (SSSR count). The van der Waals surface area contributed by atoms with Gasteiger partial charge in [-0.05, 0) is 37.1 Å². The van der Waals surface area contributed by atoms with Crippen LogP contribution >= 0.6 is 11.6 Å². The van der Waals surface area contributed by atoms with Gasteiger partial charge in [0.15, 0.2) is 5.82 Å². The smallest absolute Gasteiger partial charge is 0.151 e. The second-order valence-electron chi connectivity index (χ2n) is 5.27. The molecule has 1 saturated heterocycles. The Morgan fingerprint density at radius 2 is 2.24 bits per heavy atom. The highest BCUT2D eigenvalue weighted by Crippen LogP contribution is 2.24. The second-order valence-corrected chi connectivity index (χ2v) is 5.66. The molecule has 21 heavy (non-hydrogen) atoms. The number of nitrogens with zero attached hydrogens (tertiary/aromatic N) is 5. The molecule has 2 aromatic rings. The summed E-state index contributed by atoms with van der Waals surface area (Å²) in [6.07, 6.45) is 5.76. The summed E-state index contributed by atoms with van der Waals surface area (Å²) in [6.45, 7) is 1.97. The van der Waals surface area contributed by atoms with E-state index in [1.165, 1.54) is 0 Å². The number of hydrogen-bond acceptors (Lipinski definition) is 5. The Kier molecular flexibility index (Phi) is 4.20. The van der Waals surface area contributed by atoms with Gasteiger partial charge in [0, 0.05) is 44.3 Å². The van der Waals surface area contributed by atoms with Crippen molar-refractivity contribution < 1.29 is 0 Å². The lowest BCUT2D eigenvalue weighted by Gasteiger charge is -2.39. The van der Waals surface area contributed by atoms with Crippen LogP contribution in [0.25, 0.3) is 0 Å². The van der Waals surface area contributed by atoms with E-state index in [0.717, 1.165) is 37.4 Å². The predicted molar refractivity (Wildman–Crippen MR) is 84.9 cm³/mol. The average Bonchev–Trinajstić information content (AvgIpc) is 2.55. The van der Waals surface area contributed by atoms with E-state index in [4.69, 9.17) is 11.6 Å². The van der Waals surface area contributed by atoms with Crippen molar-refractivity contribution in [3.63, 3.8) is 0 Å². The molecule has 0 N–H and O–H groups in total. The molecule has 1 aliphatic rings. The number of pyridine rings is 1. The predicted octanol–water partition coefficient (Wildman–Crippen LogP) is 2.63. The fraction of sp³-hybridized carbons (Fsp3) is 0.400. The fourth-order valence-corrected chi connectivity index (χ4v) is 2.93. The number of hydrogen-bond donors (Lipinski definition) is 0. The van der Waals surface area contributed by atoms with E-state index in [1.807, 2.05) is 24.3 Å². The Balaban J connectivity index is 1.74. The van der Waals surface area contributed by atoms with E-state index in [2.05, 4.69) is 32.0 Å². The lowest BCUT2D eigenvalue weighted by molar-refractivity contribution is 0.484. The number of rotatable bonds is 3. The first-order valence-corrected chi connectivity index (χ1v) is 7.49. The van der Waals surface area contributed by atoms with E-state index in [-0.39, 0.29) is 0 Å². The third kappa shape index (κ3) is 3.24. The van der Waals surface area contributed by atoms with Gasteiger partial charge in [0.05, 0.1) is 0 Å². The summed E-state index contributed by atoms with van der Waals surface area (Å²) < 4.78 is 0. The van der Waals surface area contributed by atoms with Gasteiger partial charge in [-0.1, -0.05) is 11.6 Å². The fourth-order valence-electron chi connectivity index (χ4n) is 2.76. The van der Waals surface area contributed by atoms with Gasteiger partial charge in [0.1, 0.15) is 5.15 Å². The first-order valence-electron chi connectivity index (χ1n) is 7.11. The van der Waals surface area contributed by atoms with Crippen LogP contribution in [-0.4, -0.2) is 41.4 Å². The van der Waals surface area contributed by atoms with E-state index < -0.39 is 0 Å². The Bertz CT molecular complexity index is 592. The van der Waals surface area contributed by atoms with Crippen molar-refractivity contribution >= 4 is 23.1 Å². The lowest BCUT2D eigenvalue weighted by atomic mass is 10.0. The van der Waals surface area contributed by atoms with Crippen LogP contribution in [0.3, 0.4) is 0 Å². The van der Waals surface area contributed by atoms with Crippen LogP contribution in [0.4, 0.5) is 11.5 Å². The first-order chi connectivity index (χ1) is 10.2. The van der Waals surface area contributed by atoms with Crippen LogP contribution < -0.4 is 9.80 Å². The number of likely N-dealkylation sites (N-methyl/N-ethyl adjacent to an activating group) is 1. The maximum atomic E-state index is 5.99. The lowest BCUT2D eigenvalue weighted by Crippen LogP contribution is -2.47. The number of anilines is 2. The molecular weight excluding hydrogens is 286 g/mol. The zero-order valence-electron chi connectivity index (χ0n) is 12.0. The summed E-state index contributed by atoms with van der Waals surface area (Å²) in [5.41, 5.74) is 1.10. The van der Waals surface area contributed by atoms with Crippen molar-refractivity contribution in [1.29, 1.82) is 0 Å². The number of piperidine rings is 1. The number of halogens is 1. The minimum atomic E-state index is 0.430. The van der Waals surface area contributed by atoms with Crippen molar-refractivity contribution in [2.75, 3.05) is 29.9 Å². The normalized spacial score (nSPS) is 18.6. The third-order valence-corrected chi connectivity index (χ3v) is 4.15. The molecule has 1 aliphatic heterocycles. The molecule has 3 heterocycles. The van der Waals surface area contributed by atoms with Gasteiger partial charge >= 0.3 is 0 Å². The van der Waals surface area contributed by atoms with Crippen LogP contribution in [0.1, 0.15) is 12.8 Å². The molecule has 0 bridgehead atoms. The summed E-state index contributed by atoms with van der Waals surface area (Å²) in [5, 5.41) is 8.71. The van der Waals surface area contributed by atoms with Crippen LogP contribution in [0.5, 0.6) is 0 Å². The highest BCUT2D eigenvalue weighted by molar-refractivity contribution is 6.29. The van der Waals surface area contributed by atoms with Crippen LogP contribution in [-0.2, 0) is 0 Å². The van der Waals surface area contributed by atoms with Crippen molar-refractivity contribution in [3.05, 3.63) is 41.8 Å². The molecule has 6 heteroatoms.